The predicted octanol–water partition coefficient (Wildman–Crippen LogP) is 3.97. The van der Waals surface area contributed by atoms with Crippen LogP contribution in [0.25, 0.3) is 0 Å². The number of benzene rings is 2. The second-order valence-electron chi connectivity index (χ2n) is 5.60. The van der Waals surface area contributed by atoms with Gasteiger partial charge in [0.1, 0.15) is 0 Å². The van der Waals surface area contributed by atoms with E-state index < -0.39 is 5.91 Å². The Labute approximate surface area is 172 Å². The number of aromatic hydroxyl groups is 1. The maximum atomic E-state index is 11.9. The number of hydrogen-bond donors (Lipinski definition) is 3. The topological polar surface area (TPSA) is 100 Å². The second kappa shape index (κ2) is 10.5. The summed E-state index contributed by atoms with van der Waals surface area (Å²) >= 11 is 11.9. The minimum atomic E-state index is -0.430. The van der Waals surface area contributed by atoms with E-state index in [-0.39, 0.29) is 35.3 Å². The first-order valence-electron chi connectivity index (χ1n) is 8.42. The molecular formula is C19H19Cl2N3O4. The van der Waals surface area contributed by atoms with E-state index in [9.17, 15) is 14.7 Å². The molecule has 0 aromatic heterocycles. The number of carbonyl (C=O) groups is 2. The fraction of sp³-hybridized carbons (Fsp3) is 0.211. The quantitative estimate of drug-likeness (QED) is 0.441. The molecule has 28 heavy (non-hydrogen) atoms. The summed E-state index contributed by atoms with van der Waals surface area (Å²) in [4.78, 5) is 23.7. The summed E-state index contributed by atoms with van der Waals surface area (Å²) in [5.74, 6) is -0.701. The van der Waals surface area contributed by atoms with Gasteiger partial charge in [-0.2, -0.15) is 5.10 Å². The van der Waals surface area contributed by atoms with Gasteiger partial charge in [-0.15, -0.1) is 0 Å². The van der Waals surface area contributed by atoms with E-state index in [2.05, 4.69) is 15.8 Å². The molecule has 7 nitrogen and oxygen atoms in total. The van der Waals surface area contributed by atoms with Gasteiger partial charge in [-0.1, -0.05) is 35.3 Å². The molecule has 0 spiro atoms. The number of rotatable bonds is 8. The number of para-hydroxylation sites is 1. The van der Waals surface area contributed by atoms with Crippen molar-refractivity contribution in [2.75, 3.05) is 11.9 Å². The van der Waals surface area contributed by atoms with Gasteiger partial charge in [-0.05, 0) is 36.8 Å². The largest absolute Gasteiger partial charge is 0.503 e. The van der Waals surface area contributed by atoms with E-state index in [0.29, 0.717) is 22.9 Å². The second-order valence-corrected chi connectivity index (χ2v) is 6.42. The minimum absolute atomic E-state index is 0.0217. The SMILES string of the molecule is CCOc1cc(/C=N/NC(=O)CCC(=O)Nc2ccccc2Cl)cc(Cl)c1O. The highest BCUT2D eigenvalue weighted by molar-refractivity contribution is 6.33. The van der Waals surface area contributed by atoms with Crippen molar-refractivity contribution < 1.29 is 19.4 Å². The minimum Gasteiger partial charge on any atom is -0.503 e. The van der Waals surface area contributed by atoms with Gasteiger partial charge in [0.2, 0.25) is 11.8 Å². The molecule has 2 aromatic rings. The van der Waals surface area contributed by atoms with Crippen molar-refractivity contribution in [1.82, 2.24) is 5.43 Å². The molecule has 2 aromatic carbocycles. The molecule has 2 rings (SSSR count). The number of phenols is 1. The van der Waals surface area contributed by atoms with E-state index in [1.807, 2.05) is 0 Å². The lowest BCUT2D eigenvalue weighted by Crippen LogP contribution is -2.20. The van der Waals surface area contributed by atoms with Crippen LogP contribution in [-0.4, -0.2) is 29.7 Å². The Balaban J connectivity index is 1.83. The standard InChI is InChI=1S/C19H19Cl2N3O4/c1-2-28-16-10-12(9-14(21)19(16)27)11-22-24-18(26)8-7-17(25)23-15-6-4-3-5-13(15)20/h3-6,9-11,27H,2,7-8H2,1H3,(H,23,25)(H,24,26)/b22-11+. The van der Waals surface area contributed by atoms with Gasteiger partial charge in [-0.3, -0.25) is 9.59 Å². The summed E-state index contributed by atoms with van der Waals surface area (Å²) < 4.78 is 5.27. The van der Waals surface area contributed by atoms with Gasteiger partial charge in [-0.25, -0.2) is 5.43 Å². The molecule has 2 amide bonds. The van der Waals surface area contributed by atoms with Crippen LogP contribution in [0.2, 0.25) is 10.0 Å². The first-order chi connectivity index (χ1) is 13.4. The first-order valence-corrected chi connectivity index (χ1v) is 9.18. The summed E-state index contributed by atoms with van der Waals surface area (Å²) in [6.45, 7) is 2.13. The number of hydrazone groups is 1. The normalized spacial score (nSPS) is 10.7. The van der Waals surface area contributed by atoms with Crippen LogP contribution in [-0.2, 0) is 9.59 Å². The summed E-state index contributed by atoms with van der Waals surface area (Å²) in [7, 11) is 0. The van der Waals surface area contributed by atoms with Crippen molar-refractivity contribution in [3.05, 3.63) is 52.0 Å². The monoisotopic (exact) mass is 423 g/mol. The van der Waals surface area contributed by atoms with Gasteiger partial charge in [0.05, 0.1) is 28.6 Å². The van der Waals surface area contributed by atoms with Crippen LogP contribution in [0.15, 0.2) is 41.5 Å². The zero-order chi connectivity index (χ0) is 20.5. The maximum absolute atomic E-state index is 11.9. The lowest BCUT2D eigenvalue weighted by atomic mass is 10.2. The van der Waals surface area contributed by atoms with Crippen LogP contribution in [0.4, 0.5) is 5.69 Å². The van der Waals surface area contributed by atoms with Crippen LogP contribution in [0, 0.1) is 0 Å². The van der Waals surface area contributed by atoms with Crippen LogP contribution in [0.3, 0.4) is 0 Å². The van der Waals surface area contributed by atoms with Crippen LogP contribution >= 0.6 is 23.2 Å². The first kappa shape index (κ1) is 21.5. The van der Waals surface area contributed by atoms with E-state index in [1.54, 1.807) is 31.2 Å². The summed E-state index contributed by atoms with van der Waals surface area (Å²) in [5.41, 5.74) is 3.34. The molecule has 148 valence electrons. The molecule has 3 N–H and O–H groups in total. The van der Waals surface area contributed by atoms with E-state index in [0.717, 1.165) is 0 Å². The molecule has 0 aliphatic carbocycles. The number of hydrogen-bond acceptors (Lipinski definition) is 5. The third-order valence-electron chi connectivity index (χ3n) is 3.48. The average molecular weight is 424 g/mol. The third-order valence-corrected chi connectivity index (χ3v) is 4.10. The van der Waals surface area contributed by atoms with E-state index in [4.69, 9.17) is 27.9 Å². The molecule has 0 aliphatic heterocycles. The summed E-state index contributed by atoms with van der Waals surface area (Å²) in [6, 6.07) is 9.84. The molecule has 9 heteroatoms. The Morgan fingerprint density at radius 2 is 1.86 bits per heavy atom. The highest BCUT2D eigenvalue weighted by Crippen LogP contribution is 2.34. The van der Waals surface area contributed by atoms with Crippen molar-refractivity contribution in [2.45, 2.75) is 19.8 Å². The van der Waals surface area contributed by atoms with Crippen molar-refractivity contribution in [2.24, 2.45) is 5.10 Å². The molecule has 0 saturated carbocycles. The van der Waals surface area contributed by atoms with Crippen LogP contribution in [0.1, 0.15) is 25.3 Å². The molecule has 0 fully saturated rings. The molecule has 0 atom stereocenters. The molecule has 0 heterocycles. The molecule has 0 saturated heterocycles. The van der Waals surface area contributed by atoms with E-state index >= 15 is 0 Å². The highest BCUT2D eigenvalue weighted by atomic mass is 35.5. The lowest BCUT2D eigenvalue weighted by Gasteiger charge is -2.08. The predicted molar refractivity (Wildman–Crippen MR) is 109 cm³/mol. The number of halogens is 2. The van der Waals surface area contributed by atoms with Gasteiger partial charge < -0.3 is 15.2 Å². The summed E-state index contributed by atoms with van der Waals surface area (Å²) in [6.07, 6.45) is 1.29. The fourth-order valence-electron chi connectivity index (χ4n) is 2.17. The van der Waals surface area contributed by atoms with Crippen molar-refractivity contribution >= 4 is 46.9 Å². The zero-order valence-corrected chi connectivity index (χ0v) is 16.5. The van der Waals surface area contributed by atoms with Crippen LogP contribution < -0.4 is 15.5 Å². The Bertz CT molecular complexity index is 887. The molecule has 0 aliphatic rings. The highest BCUT2D eigenvalue weighted by Gasteiger charge is 2.10. The van der Waals surface area contributed by atoms with Gasteiger partial charge in [0, 0.05) is 12.8 Å². The Morgan fingerprint density at radius 3 is 2.57 bits per heavy atom. The fourth-order valence-corrected chi connectivity index (χ4v) is 2.57. The zero-order valence-electron chi connectivity index (χ0n) is 15.0. The average Bonchev–Trinajstić information content (AvgIpc) is 2.66. The number of carbonyl (C=O) groups excluding carboxylic acids is 2. The van der Waals surface area contributed by atoms with Gasteiger partial charge in [0.25, 0.3) is 0 Å². The maximum Gasteiger partial charge on any atom is 0.240 e. The summed E-state index contributed by atoms with van der Waals surface area (Å²) in [5, 5.41) is 16.8. The Morgan fingerprint density at radius 1 is 1.14 bits per heavy atom. The smallest absolute Gasteiger partial charge is 0.240 e. The number of anilines is 1. The Hall–Kier alpha value is -2.77. The van der Waals surface area contributed by atoms with Crippen molar-refractivity contribution in [1.29, 1.82) is 0 Å². The lowest BCUT2D eigenvalue weighted by molar-refractivity contribution is -0.124. The number of amides is 2. The number of phenolic OH excluding ortho intramolecular Hbond substituents is 1. The number of ether oxygens (including phenoxy) is 1. The molecular weight excluding hydrogens is 405 g/mol. The third kappa shape index (κ3) is 6.44. The van der Waals surface area contributed by atoms with Crippen molar-refractivity contribution in [3.8, 4) is 11.5 Å². The van der Waals surface area contributed by atoms with Gasteiger partial charge >= 0.3 is 0 Å². The number of nitrogens with one attached hydrogen (secondary N) is 2. The van der Waals surface area contributed by atoms with Gasteiger partial charge in [0.15, 0.2) is 11.5 Å². The van der Waals surface area contributed by atoms with Crippen LogP contribution in [0.5, 0.6) is 11.5 Å². The Kier molecular flexibility index (Phi) is 8.10. The van der Waals surface area contributed by atoms with E-state index in [1.165, 1.54) is 18.3 Å². The van der Waals surface area contributed by atoms with Crippen molar-refractivity contribution in [3.63, 3.8) is 0 Å². The molecule has 0 unspecified atom stereocenters. The number of nitrogens with zero attached hydrogens (tertiary/aromatic N) is 1. The molecule has 0 bridgehead atoms. The molecule has 0 radical (unpaired) electrons.